The lowest BCUT2D eigenvalue weighted by Crippen LogP contribution is -2.39. The number of fused-ring (bicyclic) bond motifs is 5. The third-order valence-corrected chi connectivity index (χ3v) is 6.38. The molecule has 32 heavy (non-hydrogen) atoms. The molecule has 2 aliphatic carbocycles. The van der Waals surface area contributed by atoms with Crippen molar-refractivity contribution < 1.29 is 22.8 Å². The Hall–Kier alpha value is -2.11. The van der Waals surface area contributed by atoms with Gasteiger partial charge in [-0.15, -0.1) is 24.0 Å². The van der Waals surface area contributed by atoms with Crippen molar-refractivity contribution in [2.24, 2.45) is 28.7 Å². The van der Waals surface area contributed by atoms with E-state index in [2.05, 4.69) is 27.8 Å². The SMILES string of the molecule is CN=C(NCCCN1C(=O)C2C3C=CC(C3)C2C1=O)NCc1ccc(C(F)(F)F)cc1.I. The van der Waals surface area contributed by atoms with Gasteiger partial charge >= 0.3 is 6.18 Å². The van der Waals surface area contributed by atoms with Gasteiger partial charge in [0.25, 0.3) is 0 Å². The zero-order valence-corrected chi connectivity index (χ0v) is 19.9. The minimum absolute atomic E-state index is 0. The first kappa shape index (κ1) is 24.5. The summed E-state index contributed by atoms with van der Waals surface area (Å²) in [5.41, 5.74) is 0.0108. The highest BCUT2D eigenvalue weighted by molar-refractivity contribution is 14.0. The number of alkyl halides is 3. The molecule has 6 nitrogen and oxygen atoms in total. The molecule has 4 rings (SSSR count). The van der Waals surface area contributed by atoms with Crippen LogP contribution in [0.4, 0.5) is 13.2 Å². The Balaban J connectivity index is 0.00000289. The smallest absolute Gasteiger partial charge is 0.356 e. The number of carbonyl (C=O) groups excluding carboxylic acids is 2. The van der Waals surface area contributed by atoms with Gasteiger partial charge in [-0.3, -0.25) is 19.5 Å². The summed E-state index contributed by atoms with van der Waals surface area (Å²) < 4.78 is 37.9. The second-order valence-corrected chi connectivity index (χ2v) is 8.23. The summed E-state index contributed by atoms with van der Waals surface area (Å²) in [6.45, 7) is 1.19. The van der Waals surface area contributed by atoms with Gasteiger partial charge in [0.15, 0.2) is 5.96 Å². The molecule has 2 bridgehead atoms. The number of guanidine groups is 1. The maximum absolute atomic E-state index is 12.7. The minimum Gasteiger partial charge on any atom is -0.356 e. The molecule has 2 fully saturated rings. The van der Waals surface area contributed by atoms with Crippen LogP contribution in [0.15, 0.2) is 41.4 Å². The van der Waals surface area contributed by atoms with Crippen LogP contribution in [0.1, 0.15) is 24.0 Å². The summed E-state index contributed by atoms with van der Waals surface area (Å²) in [5.74, 6) is 0.485. The highest BCUT2D eigenvalue weighted by Gasteiger charge is 2.58. The van der Waals surface area contributed by atoms with Crippen molar-refractivity contribution in [2.45, 2.75) is 25.6 Å². The topological polar surface area (TPSA) is 73.8 Å². The predicted octanol–water partition coefficient (Wildman–Crippen LogP) is 3.19. The second kappa shape index (κ2) is 9.80. The first-order valence-electron chi connectivity index (χ1n) is 10.4. The van der Waals surface area contributed by atoms with Gasteiger partial charge in [0.05, 0.1) is 17.4 Å². The van der Waals surface area contributed by atoms with E-state index in [-0.39, 0.29) is 59.5 Å². The number of benzene rings is 1. The maximum atomic E-state index is 12.7. The summed E-state index contributed by atoms with van der Waals surface area (Å²) in [7, 11) is 1.60. The second-order valence-electron chi connectivity index (χ2n) is 8.23. The third-order valence-electron chi connectivity index (χ3n) is 6.38. The molecule has 2 N–H and O–H groups in total. The molecule has 1 heterocycles. The largest absolute Gasteiger partial charge is 0.416 e. The molecule has 0 aromatic heterocycles. The molecule has 1 aromatic rings. The molecule has 10 heteroatoms. The van der Waals surface area contributed by atoms with E-state index in [1.807, 2.05) is 0 Å². The molecule has 4 atom stereocenters. The zero-order valence-electron chi connectivity index (χ0n) is 17.6. The molecule has 0 radical (unpaired) electrons. The molecule has 1 saturated heterocycles. The van der Waals surface area contributed by atoms with Crippen LogP contribution in [0, 0.1) is 23.7 Å². The van der Waals surface area contributed by atoms with Crippen molar-refractivity contribution in [1.29, 1.82) is 0 Å². The van der Waals surface area contributed by atoms with Gasteiger partial charge in [-0.25, -0.2) is 0 Å². The number of aliphatic imine (C=N–C) groups is 1. The van der Waals surface area contributed by atoms with E-state index >= 15 is 0 Å². The number of allylic oxidation sites excluding steroid dienone is 2. The van der Waals surface area contributed by atoms with E-state index in [4.69, 9.17) is 0 Å². The number of rotatable bonds is 6. The molecule has 0 spiro atoms. The zero-order chi connectivity index (χ0) is 22.2. The van der Waals surface area contributed by atoms with Gasteiger partial charge in [0, 0.05) is 26.7 Å². The van der Waals surface area contributed by atoms with Gasteiger partial charge in [0.2, 0.25) is 11.8 Å². The number of hydrogen-bond acceptors (Lipinski definition) is 3. The molecular formula is C22H26F3IN4O2. The van der Waals surface area contributed by atoms with Crippen LogP contribution in [-0.2, 0) is 22.3 Å². The lowest BCUT2D eigenvalue weighted by molar-refractivity contribution is -0.141. The van der Waals surface area contributed by atoms with E-state index in [1.165, 1.54) is 17.0 Å². The van der Waals surface area contributed by atoms with E-state index in [0.717, 1.165) is 18.6 Å². The van der Waals surface area contributed by atoms with Gasteiger partial charge in [-0.1, -0.05) is 24.3 Å². The third kappa shape index (κ3) is 4.79. The highest BCUT2D eigenvalue weighted by Crippen LogP contribution is 2.52. The van der Waals surface area contributed by atoms with Crippen LogP contribution < -0.4 is 10.6 Å². The maximum Gasteiger partial charge on any atom is 0.416 e. The van der Waals surface area contributed by atoms with Crippen LogP contribution >= 0.6 is 24.0 Å². The Kier molecular flexibility index (Phi) is 7.51. The van der Waals surface area contributed by atoms with Gasteiger partial charge in [-0.05, 0) is 42.4 Å². The van der Waals surface area contributed by atoms with Crippen molar-refractivity contribution >= 4 is 41.8 Å². The number of carbonyl (C=O) groups is 2. The molecule has 4 unspecified atom stereocenters. The molecular weight excluding hydrogens is 536 g/mol. The van der Waals surface area contributed by atoms with Crippen LogP contribution in [0.3, 0.4) is 0 Å². The summed E-state index contributed by atoms with van der Waals surface area (Å²) >= 11 is 0. The summed E-state index contributed by atoms with van der Waals surface area (Å²) in [6, 6.07) is 4.95. The molecule has 1 aliphatic heterocycles. The van der Waals surface area contributed by atoms with E-state index in [0.29, 0.717) is 37.6 Å². The Morgan fingerprint density at radius 1 is 1.06 bits per heavy atom. The predicted molar refractivity (Wildman–Crippen MR) is 124 cm³/mol. The highest BCUT2D eigenvalue weighted by atomic mass is 127. The number of imide groups is 1. The molecule has 3 aliphatic rings. The quantitative estimate of drug-likeness (QED) is 0.140. The van der Waals surface area contributed by atoms with Crippen LogP contribution in [0.5, 0.6) is 0 Å². The molecule has 1 aromatic carbocycles. The summed E-state index contributed by atoms with van der Waals surface area (Å²) in [4.78, 5) is 30.8. The van der Waals surface area contributed by atoms with Crippen molar-refractivity contribution in [2.75, 3.05) is 20.1 Å². The van der Waals surface area contributed by atoms with Crippen LogP contribution in [0.2, 0.25) is 0 Å². The number of hydrogen-bond donors (Lipinski definition) is 2. The monoisotopic (exact) mass is 562 g/mol. The molecule has 2 amide bonds. The van der Waals surface area contributed by atoms with E-state index < -0.39 is 11.7 Å². The fourth-order valence-corrected chi connectivity index (χ4v) is 4.85. The lowest BCUT2D eigenvalue weighted by Gasteiger charge is -2.18. The number of nitrogens with zero attached hydrogens (tertiary/aromatic N) is 2. The van der Waals surface area contributed by atoms with Gasteiger partial charge < -0.3 is 10.6 Å². The number of halogens is 4. The average molecular weight is 562 g/mol. The number of nitrogens with one attached hydrogen (secondary N) is 2. The number of likely N-dealkylation sites (tertiary alicyclic amines) is 1. The lowest BCUT2D eigenvalue weighted by atomic mass is 9.85. The first-order valence-corrected chi connectivity index (χ1v) is 10.4. The van der Waals surface area contributed by atoms with Crippen molar-refractivity contribution in [1.82, 2.24) is 15.5 Å². The van der Waals surface area contributed by atoms with Crippen LogP contribution in [-0.4, -0.2) is 42.8 Å². The average Bonchev–Trinajstić information content (AvgIpc) is 3.42. The minimum atomic E-state index is -4.35. The first-order chi connectivity index (χ1) is 14.8. The van der Waals surface area contributed by atoms with Crippen molar-refractivity contribution in [3.05, 3.63) is 47.5 Å². The Morgan fingerprint density at radius 3 is 2.19 bits per heavy atom. The van der Waals surface area contributed by atoms with Crippen molar-refractivity contribution in [3.8, 4) is 0 Å². The summed E-state index contributed by atoms with van der Waals surface area (Å²) in [5, 5.41) is 6.15. The normalized spacial score (nSPS) is 26.4. The van der Waals surface area contributed by atoms with E-state index in [9.17, 15) is 22.8 Å². The van der Waals surface area contributed by atoms with Gasteiger partial charge in [0.1, 0.15) is 0 Å². The fraction of sp³-hybridized carbons (Fsp3) is 0.500. The fourth-order valence-electron chi connectivity index (χ4n) is 4.85. The van der Waals surface area contributed by atoms with Crippen molar-refractivity contribution in [3.63, 3.8) is 0 Å². The summed E-state index contributed by atoms with van der Waals surface area (Å²) in [6.07, 6.45) is 1.31. The Labute approximate surface area is 201 Å². The van der Waals surface area contributed by atoms with Crippen LogP contribution in [0.25, 0.3) is 0 Å². The number of amides is 2. The standard InChI is InChI=1S/C22H25F3N4O2.HI/c1-26-21(28-12-13-3-7-16(8-4-13)22(23,24)25)27-9-2-10-29-19(30)17-14-5-6-15(11-14)18(17)20(29)31;/h3-8,14-15,17-18H,2,9-12H2,1H3,(H2,26,27,28);1H. The van der Waals surface area contributed by atoms with E-state index in [1.54, 1.807) is 7.05 Å². The van der Waals surface area contributed by atoms with Gasteiger partial charge in [-0.2, -0.15) is 13.2 Å². The molecule has 1 saturated carbocycles. The Morgan fingerprint density at radius 2 is 1.66 bits per heavy atom. The Bertz CT molecular complexity index is 887. The molecule has 174 valence electrons.